The van der Waals surface area contributed by atoms with Crippen LogP contribution in [0.15, 0.2) is 24.3 Å². The second-order valence-corrected chi connectivity index (χ2v) is 6.87. The summed E-state index contributed by atoms with van der Waals surface area (Å²) in [5, 5.41) is 8.72. The van der Waals surface area contributed by atoms with Crippen molar-refractivity contribution in [3.8, 4) is 0 Å². The van der Waals surface area contributed by atoms with Crippen LogP contribution < -0.4 is 16.0 Å². The molecule has 3 N–H and O–H groups in total. The van der Waals surface area contributed by atoms with Crippen molar-refractivity contribution in [1.29, 1.82) is 0 Å². The second-order valence-electron chi connectivity index (χ2n) is 6.87. The lowest BCUT2D eigenvalue weighted by Crippen LogP contribution is -2.53. The van der Waals surface area contributed by atoms with Crippen LogP contribution in [0.5, 0.6) is 0 Å². The minimum atomic E-state index is -0.671. The maximum Gasteiger partial charge on any atom is 0.293 e. The fraction of sp³-hybridized carbons (Fsp3) is 0.526. The Hall–Kier alpha value is -2.41. The fourth-order valence-corrected chi connectivity index (χ4v) is 2.36. The maximum atomic E-state index is 12.4. The number of rotatable bonds is 10. The first-order valence-electron chi connectivity index (χ1n) is 8.76. The minimum absolute atomic E-state index is 0.105. The van der Waals surface area contributed by atoms with Gasteiger partial charge in [-0.3, -0.25) is 14.4 Å². The van der Waals surface area contributed by atoms with Crippen molar-refractivity contribution in [3.05, 3.63) is 29.8 Å². The van der Waals surface area contributed by atoms with Gasteiger partial charge in [0.25, 0.3) is 6.47 Å². The molecule has 1 aromatic carbocycles. The Morgan fingerprint density at radius 1 is 1.04 bits per heavy atom. The zero-order valence-electron chi connectivity index (χ0n) is 16.0. The van der Waals surface area contributed by atoms with Crippen LogP contribution in [0.1, 0.15) is 40.2 Å². The van der Waals surface area contributed by atoms with Crippen LogP contribution in [-0.4, -0.2) is 36.4 Å². The van der Waals surface area contributed by atoms with Crippen molar-refractivity contribution < 1.29 is 19.1 Å². The van der Waals surface area contributed by atoms with E-state index in [4.69, 9.17) is 0 Å². The van der Waals surface area contributed by atoms with E-state index in [2.05, 4.69) is 20.7 Å². The molecule has 0 radical (unpaired) electrons. The summed E-state index contributed by atoms with van der Waals surface area (Å²) in [6.07, 6.45) is 0. The molecule has 7 nitrogen and oxygen atoms in total. The summed E-state index contributed by atoms with van der Waals surface area (Å²) < 4.78 is 4.67. The number of carbonyl (C=O) groups excluding carboxylic acids is 3. The van der Waals surface area contributed by atoms with Gasteiger partial charge < -0.3 is 20.7 Å². The van der Waals surface area contributed by atoms with Gasteiger partial charge in [0.1, 0.15) is 12.6 Å². The van der Waals surface area contributed by atoms with Crippen molar-refractivity contribution >= 4 is 24.0 Å². The number of amides is 2. The predicted octanol–water partition coefficient (Wildman–Crippen LogP) is 1.83. The zero-order valence-corrected chi connectivity index (χ0v) is 16.0. The molecule has 1 unspecified atom stereocenters. The molecule has 1 aromatic rings. The SMILES string of the molecule is CC(C)NC(C(=O)N[C@@H](C)C(=O)Nc1ccc(COC=O)cc1)C(C)C. The van der Waals surface area contributed by atoms with E-state index in [1.54, 1.807) is 31.2 Å². The number of ether oxygens (including phenoxy) is 1. The third-order valence-corrected chi connectivity index (χ3v) is 3.75. The summed E-state index contributed by atoms with van der Waals surface area (Å²) >= 11 is 0. The standard InChI is InChI=1S/C19H29N3O4/c1-12(2)17(20-13(3)4)19(25)21-14(5)18(24)22-16-8-6-15(7-9-16)10-26-11-23/h6-9,11-14,17,20H,10H2,1-5H3,(H,21,25)(H,22,24)/t14-,17?/m0/s1. The van der Waals surface area contributed by atoms with Gasteiger partial charge in [-0.1, -0.05) is 39.8 Å². The molecule has 144 valence electrons. The highest BCUT2D eigenvalue weighted by Gasteiger charge is 2.25. The van der Waals surface area contributed by atoms with Crippen LogP contribution in [0.25, 0.3) is 0 Å². The number of benzene rings is 1. The highest BCUT2D eigenvalue weighted by molar-refractivity contribution is 5.97. The first-order valence-corrected chi connectivity index (χ1v) is 8.76. The lowest BCUT2D eigenvalue weighted by Gasteiger charge is -2.25. The van der Waals surface area contributed by atoms with Gasteiger partial charge in [-0.05, 0) is 30.5 Å². The summed E-state index contributed by atoms with van der Waals surface area (Å²) in [5.41, 5.74) is 1.42. The van der Waals surface area contributed by atoms with Crippen molar-refractivity contribution in [1.82, 2.24) is 10.6 Å². The molecule has 0 aliphatic rings. The van der Waals surface area contributed by atoms with E-state index in [0.29, 0.717) is 12.2 Å². The summed E-state index contributed by atoms with van der Waals surface area (Å²) in [4.78, 5) is 34.9. The first-order chi connectivity index (χ1) is 12.2. The van der Waals surface area contributed by atoms with E-state index in [1.807, 2.05) is 27.7 Å². The number of carbonyl (C=O) groups is 3. The topological polar surface area (TPSA) is 96.5 Å². The van der Waals surface area contributed by atoms with E-state index in [0.717, 1.165) is 5.56 Å². The average molecular weight is 363 g/mol. The Labute approximate surface area is 154 Å². The van der Waals surface area contributed by atoms with Crippen LogP contribution in [0.4, 0.5) is 5.69 Å². The molecular weight excluding hydrogens is 334 g/mol. The lowest BCUT2D eigenvalue weighted by atomic mass is 10.0. The van der Waals surface area contributed by atoms with Gasteiger partial charge in [-0.2, -0.15) is 0 Å². The second kappa shape index (κ2) is 10.6. The summed E-state index contributed by atoms with van der Waals surface area (Å²) in [5.74, 6) is -0.395. The highest BCUT2D eigenvalue weighted by Crippen LogP contribution is 2.11. The molecule has 0 aromatic heterocycles. The van der Waals surface area contributed by atoms with E-state index in [9.17, 15) is 14.4 Å². The van der Waals surface area contributed by atoms with Gasteiger partial charge in [0.05, 0.1) is 6.04 Å². The third kappa shape index (κ3) is 7.23. The molecule has 0 fully saturated rings. The number of nitrogens with one attached hydrogen (secondary N) is 3. The largest absolute Gasteiger partial charge is 0.463 e. The molecular formula is C19H29N3O4. The average Bonchev–Trinajstić information content (AvgIpc) is 2.58. The van der Waals surface area contributed by atoms with Crippen LogP contribution in [0.3, 0.4) is 0 Å². The molecule has 7 heteroatoms. The van der Waals surface area contributed by atoms with E-state index < -0.39 is 6.04 Å². The Kier molecular flexibility index (Phi) is 8.78. The number of hydrogen-bond donors (Lipinski definition) is 3. The molecule has 0 heterocycles. The van der Waals surface area contributed by atoms with Gasteiger partial charge in [0.15, 0.2) is 0 Å². The molecule has 26 heavy (non-hydrogen) atoms. The quantitative estimate of drug-likeness (QED) is 0.551. The maximum absolute atomic E-state index is 12.4. The Morgan fingerprint density at radius 3 is 2.15 bits per heavy atom. The van der Waals surface area contributed by atoms with E-state index >= 15 is 0 Å². The van der Waals surface area contributed by atoms with Crippen molar-refractivity contribution in [2.24, 2.45) is 5.92 Å². The van der Waals surface area contributed by atoms with Gasteiger partial charge in [-0.25, -0.2) is 0 Å². The minimum Gasteiger partial charge on any atom is -0.463 e. The first kappa shape index (κ1) is 21.6. The van der Waals surface area contributed by atoms with Gasteiger partial charge in [0, 0.05) is 11.7 Å². The summed E-state index contributed by atoms with van der Waals surface area (Å²) in [6, 6.07) is 6.07. The molecule has 0 bridgehead atoms. The third-order valence-electron chi connectivity index (χ3n) is 3.75. The van der Waals surface area contributed by atoms with Crippen molar-refractivity contribution in [3.63, 3.8) is 0 Å². The van der Waals surface area contributed by atoms with Gasteiger partial charge in [-0.15, -0.1) is 0 Å². The lowest BCUT2D eigenvalue weighted by molar-refractivity contribution is -0.129. The van der Waals surface area contributed by atoms with Crippen molar-refractivity contribution in [2.45, 2.75) is 59.4 Å². The Balaban J connectivity index is 2.60. The van der Waals surface area contributed by atoms with Crippen LogP contribution >= 0.6 is 0 Å². The zero-order chi connectivity index (χ0) is 19.7. The van der Waals surface area contributed by atoms with E-state index in [1.165, 1.54) is 0 Å². The smallest absolute Gasteiger partial charge is 0.293 e. The molecule has 0 spiro atoms. The fourth-order valence-electron chi connectivity index (χ4n) is 2.36. The molecule has 1 rings (SSSR count). The number of hydrogen-bond acceptors (Lipinski definition) is 5. The number of anilines is 1. The Morgan fingerprint density at radius 2 is 1.65 bits per heavy atom. The molecule has 0 aliphatic heterocycles. The van der Waals surface area contributed by atoms with Crippen LogP contribution in [-0.2, 0) is 25.7 Å². The Bertz CT molecular complexity index is 599. The highest BCUT2D eigenvalue weighted by atomic mass is 16.5. The van der Waals surface area contributed by atoms with Crippen LogP contribution in [0.2, 0.25) is 0 Å². The monoisotopic (exact) mass is 363 g/mol. The summed E-state index contributed by atoms with van der Waals surface area (Å²) in [7, 11) is 0. The predicted molar refractivity (Wildman–Crippen MR) is 100 cm³/mol. The molecule has 2 amide bonds. The van der Waals surface area contributed by atoms with Gasteiger partial charge >= 0.3 is 0 Å². The molecule has 0 saturated heterocycles. The van der Waals surface area contributed by atoms with Crippen molar-refractivity contribution in [2.75, 3.05) is 5.32 Å². The molecule has 0 aliphatic carbocycles. The normalized spacial score (nSPS) is 13.2. The molecule has 2 atom stereocenters. The van der Waals surface area contributed by atoms with E-state index in [-0.39, 0.29) is 36.4 Å². The van der Waals surface area contributed by atoms with Gasteiger partial charge in [0.2, 0.25) is 11.8 Å². The summed E-state index contributed by atoms with van der Waals surface area (Å²) in [6.45, 7) is 10.1. The molecule has 0 saturated carbocycles. The van der Waals surface area contributed by atoms with Crippen LogP contribution in [0, 0.1) is 5.92 Å².